The predicted octanol–water partition coefficient (Wildman–Crippen LogP) is 5.07. The maximum Gasteiger partial charge on any atom is 0.256 e. The minimum absolute atomic E-state index is 0.0638. The molecule has 41 heavy (non-hydrogen) atoms. The molecule has 1 aliphatic heterocycles. The minimum Gasteiger partial charge on any atom is -0.497 e. The van der Waals surface area contributed by atoms with E-state index < -0.39 is 6.04 Å². The number of carbonyl (C=O) groups excluding carboxylic acids is 2. The molecule has 10 heteroatoms. The third-order valence-electron chi connectivity index (χ3n) is 6.73. The molecule has 1 fully saturated rings. The Morgan fingerprint density at radius 2 is 1.59 bits per heavy atom. The zero-order valence-electron chi connectivity index (χ0n) is 23.7. The third-order valence-corrected chi connectivity index (χ3v) is 7.15. The van der Waals surface area contributed by atoms with Crippen LogP contribution in [0.3, 0.4) is 0 Å². The van der Waals surface area contributed by atoms with Gasteiger partial charge in [-0.2, -0.15) is 0 Å². The summed E-state index contributed by atoms with van der Waals surface area (Å²) >= 11 is 5.80. The van der Waals surface area contributed by atoms with E-state index in [-0.39, 0.29) is 18.2 Å². The quantitative estimate of drug-likeness (QED) is 0.282. The maximum atomic E-state index is 13.7. The molecule has 3 aromatic rings. The molecule has 0 spiro atoms. The molecule has 2 amide bonds. The van der Waals surface area contributed by atoms with Gasteiger partial charge in [-0.1, -0.05) is 13.0 Å². The molecule has 0 aliphatic carbocycles. The lowest BCUT2D eigenvalue weighted by atomic mass is 10.1. The molecule has 216 valence electrons. The minimum atomic E-state index is -0.767. The Morgan fingerprint density at radius 1 is 0.902 bits per heavy atom. The molecular formula is C31H35N3O6S. The number of anilines is 2. The second-order valence-corrected chi connectivity index (χ2v) is 9.79. The number of thiocarbonyl (C=S) groups is 1. The molecule has 1 atom stereocenters. The van der Waals surface area contributed by atoms with Crippen LogP contribution in [0.1, 0.15) is 25.3 Å². The van der Waals surface area contributed by atoms with Gasteiger partial charge in [-0.05, 0) is 91.3 Å². The average molecular weight is 578 g/mol. The van der Waals surface area contributed by atoms with E-state index in [9.17, 15) is 9.59 Å². The van der Waals surface area contributed by atoms with E-state index >= 15 is 0 Å². The molecule has 0 radical (unpaired) electrons. The van der Waals surface area contributed by atoms with Gasteiger partial charge in [-0.3, -0.25) is 14.5 Å². The van der Waals surface area contributed by atoms with Crippen molar-refractivity contribution in [3.63, 3.8) is 0 Å². The first-order chi connectivity index (χ1) is 19.9. The van der Waals surface area contributed by atoms with Gasteiger partial charge in [0.1, 0.15) is 17.5 Å². The van der Waals surface area contributed by atoms with Crippen molar-refractivity contribution in [2.75, 3.05) is 44.7 Å². The molecule has 1 saturated heterocycles. The third kappa shape index (κ3) is 7.07. The number of benzene rings is 3. The largest absolute Gasteiger partial charge is 0.497 e. The summed E-state index contributed by atoms with van der Waals surface area (Å²) in [6.07, 6.45) is 1.42. The van der Waals surface area contributed by atoms with Crippen LogP contribution >= 0.6 is 12.2 Å². The highest BCUT2D eigenvalue weighted by Gasteiger charge is 2.44. The summed E-state index contributed by atoms with van der Waals surface area (Å²) in [4.78, 5) is 30.2. The van der Waals surface area contributed by atoms with Crippen molar-refractivity contribution in [2.24, 2.45) is 0 Å². The lowest BCUT2D eigenvalue weighted by Crippen LogP contribution is -2.39. The van der Waals surface area contributed by atoms with E-state index in [1.807, 2.05) is 42.2 Å². The number of rotatable bonds is 13. The summed E-state index contributed by atoms with van der Waals surface area (Å²) in [6.45, 7) is 3.09. The summed E-state index contributed by atoms with van der Waals surface area (Å²) in [5, 5.41) is 3.24. The molecule has 0 aromatic heterocycles. The van der Waals surface area contributed by atoms with Crippen LogP contribution in [0.5, 0.6) is 23.0 Å². The fourth-order valence-electron chi connectivity index (χ4n) is 4.58. The SMILES string of the molecule is CCCOc1ccc(NC(=O)CC2C(=O)N(c3ccc(OC)cc3)C(=S)N2CCc2ccc(OC)c(OC)c2)cc1. The van der Waals surface area contributed by atoms with Crippen LogP contribution in [0.2, 0.25) is 0 Å². The van der Waals surface area contributed by atoms with Crippen LogP contribution in [0.15, 0.2) is 66.7 Å². The van der Waals surface area contributed by atoms with Crippen LogP contribution in [0, 0.1) is 0 Å². The van der Waals surface area contributed by atoms with Gasteiger partial charge in [0.2, 0.25) is 5.91 Å². The summed E-state index contributed by atoms with van der Waals surface area (Å²) in [5.74, 6) is 2.10. The Balaban J connectivity index is 1.53. The number of carbonyl (C=O) groups is 2. The lowest BCUT2D eigenvalue weighted by molar-refractivity contribution is -0.124. The molecular weight excluding hydrogens is 542 g/mol. The van der Waals surface area contributed by atoms with Crippen LogP contribution in [0.25, 0.3) is 0 Å². The number of nitrogens with zero attached hydrogens (tertiary/aromatic N) is 2. The lowest BCUT2D eigenvalue weighted by Gasteiger charge is -2.24. The molecule has 4 rings (SSSR count). The molecule has 1 N–H and O–H groups in total. The van der Waals surface area contributed by atoms with Gasteiger partial charge < -0.3 is 29.2 Å². The Kier molecular flexibility index (Phi) is 10.0. The van der Waals surface area contributed by atoms with Crippen LogP contribution in [-0.4, -0.2) is 62.3 Å². The number of ether oxygens (including phenoxy) is 4. The van der Waals surface area contributed by atoms with Crippen molar-refractivity contribution in [3.8, 4) is 23.0 Å². The maximum absolute atomic E-state index is 13.7. The number of hydrogen-bond acceptors (Lipinski definition) is 7. The van der Waals surface area contributed by atoms with Gasteiger partial charge in [0.25, 0.3) is 5.91 Å². The average Bonchev–Trinajstić information content (AvgIpc) is 3.23. The summed E-state index contributed by atoms with van der Waals surface area (Å²) in [7, 11) is 4.75. The normalized spacial score (nSPS) is 14.7. The fourth-order valence-corrected chi connectivity index (χ4v) is 5.00. The first kappa shape index (κ1) is 29.7. The van der Waals surface area contributed by atoms with Crippen molar-refractivity contribution in [3.05, 3.63) is 72.3 Å². The highest BCUT2D eigenvalue weighted by atomic mass is 32.1. The van der Waals surface area contributed by atoms with E-state index in [0.29, 0.717) is 53.3 Å². The Morgan fingerprint density at radius 3 is 2.22 bits per heavy atom. The predicted molar refractivity (Wildman–Crippen MR) is 162 cm³/mol. The first-order valence-electron chi connectivity index (χ1n) is 13.4. The smallest absolute Gasteiger partial charge is 0.256 e. The molecule has 0 bridgehead atoms. The van der Waals surface area contributed by atoms with Crippen LogP contribution < -0.4 is 29.2 Å². The number of nitrogens with one attached hydrogen (secondary N) is 1. The number of amides is 2. The molecule has 1 heterocycles. The van der Waals surface area contributed by atoms with E-state index in [0.717, 1.165) is 17.7 Å². The monoisotopic (exact) mass is 577 g/mol. The Labute approximate surface area is 245 Å². The first-order valence-corrected chi connectivity index (χ1v) is 13.8. The van der Waals surface area contributed by atoms with Gasteiger partial charge in [-0.15, -0.1) is 0 Å². The van der Waals surface area contributed by atoms with Gasteiger partial charge in [0.05, 0.1) is 40.0 Å². The van der Waals surface area contributed by atoms with E-state index in [1.54, 1.807) is 57.7 Å². The summed E-state index contributed by atoms with van der Waals surface area (Å²) in [6, 6.07) is 19.2. The Hall–Kier alpha value is -4.31. The summed E-state index contributed by atoms with van der Waals surface area (Å²) < 4.78 is 21.7. The zero-order valence-corrected chi connectivity index (χ0v) is 24.5. The van der Waals surface area contributed by atoms with Gasteiger partial charge in [0.15, 0.2) is 16.6 Å². The highest BCUT2D eigenvalue weighted by molar-refractivity contribution is 7.80. The van der Waals surface area contributed by atoms with Crippen molar-refractivity contribution >= 4 is 40.5 Å². The number of methoxy groups -OCH3 is 3. The molecule has 0 saturated carbocycles. The van der Waals surface area contributed by atoms with E-state index in [1.165, 1.54) is 4.90 Å². The topological polar surface area (TPSA) is 89.6 Å². The van der Waals surface area contributed by atoms with Crippen molar-refractivity contribution in [1.82, 2.24) is 4.90 Å². The molecule has 1 unspecified atom stereocenters. The van der Waals surface area contributed by atoms with Crippen LogP contribution in [0.4, 0.5) is 11.4 Å². The van der Waals surface area contributed by atoms with Crippen molar-refractivity contribution in [2.45, 2.75) is 32.2 Å². The standard InChI is InChI=1S/C31H35N3O6S/c1-5-18-40-25-11-7-22(8-12-25)32-29(35)20-26-30(36)34(23-9-13-24(37-2)14-10-23)31(41)33(26)17-16-21-6-15-27(38-3)28(19-21)39-4/h6-15,19,26H,5,16-18,20H2,1-4H3,(H,32,35). The van der Waals surface area contributed by atoms with Crippen molar-refractivity contribution in [1.29, 1.82) is 0 Å². The van der Waals surface area contributed by atoms with Crippen molar-refractivity contribution < 1.29 is 28.5 Å². The zero-order chi connectivity index (χ0) is 29.4. The summed E-state index contributed by atoms with van der Waals surface area (Å²) in [5.41, 5.74) is 2.22. The van der Waals surface area contributed by atoms with Crippen LogP contribution in [-0.2, 0) is 16.0 Å². The highest BCUT2D eigenvalue weighted by Crippen LogP contribution is 2.31. The van der Waals surface area contributed by atoms with E-state index in [2.05, 4.69) is 5.32 Å². The molecule has 9 nitrogen and oxygen atoms in total. The Bertz CT molecular complexity index is 1360. The van der Waals surface area contributed by atoms with Gasteiger partial charge in [0, 0.05) is 12.2 Å². The van der Waals surface area contributed by atoms with Gasteiger partial charge in [-0.25, -0.2) is 0 Å². The van der Waals surface area contributed by atoms with E-state index in [4.69, 9.17) is 31.2 Å². The second-order valence-electron chi connectivity index (χ2n) is 9.43. The molecule has 3 aromatic carbocycles. The fraction of sp³-hybridized carbons (Fsp3) is 0.323. The molecule has 1 aliphatic rings. The number of hydrogen-bond donors (Lipinski definition) is 1. The second kappa shape index (κ2) is 13.8. The van der Waals surface area contributed by atoms with Gasteiger partial charge >= 0.3 is 0 Å².